The van der Waals surface area contributed by atoms with Gasteiger partial charge in [0, 0.05) is 43.9 Å². The van der Waals surface area contributed by atoms with Gasteiger partial charge in [-0.3, -0.25) is 9.59 Å². The molecule has 4 rings (SSSR count). The first-order chi connectivity index (χ1) is 10.1. The van der Waals surface area contributed by atoms with Crippen LogP contribution in [0.4, 0.5) is 0 Å². The van der Waals surface area contributed by atoms with E-state index in [1.165, 1.54) is 0 Å². The molecule has 0 radical (unpaired) electrons. The van der Waals surface area contributed by atoms with Crippen LogP contribution in [0.2, 0.25) is 0 Å². The van der Waals surface area contributed by atoms with Crippen molar-refractivity contribution in [2.75, 3.05) is 13.1 Å². The maximum atomic E-state index is 12.6. The minimum absolute atomic E-state index is 0.0685. The Bertz CT molecular complexity index is 611. The van der Waals surface area contributed by atoms with Gasteiger partial charge in [0.25, 0.3) is 0 Å². The standard InChI is InChI=1S/C15H19N3O3/c1-17-7-16-5-12(17)9-4-10(9)14(19)18-3-2-8-11(6-18)13(8)15(20)21/h5,7-11,13H,2-4,6H2,1H3,(H,20,21)/t8-,9+,10+,11+,13-/m0/s1. The van der Waals surface area contributed by atoms with Crippen molar-refractivity contribution in [2.45, 2.75) is 18.8 Å². The number of aliphatic carboxylic acids is 1. The van der Waals surface area contributed by atoms with Gasteiger partial charge in [0.05, 0.1) is 12.2 Å². The largest absolute Gasteiger partial charge is 0.481 e. The number of imidazole rings is 1. The van der Waals surface area contributed by atoms with Crippen LogP contribution in [0.1, 0.15) is 24.5 Å². The third-order valence-electron chi connectivity index (χ3n) is 5.43. The maximum absolute atomic E-state index is 12.6. The van der Waals surface area contributed by atoms with Gasteiger partial charge in [-0.05, 0) is 24.7 Å². The lowest BCUT2D eigenvalue weighted by molar-refractivity contribution is -0.139. The molecule has 0 spiro atoms. The maximum Gasteiger partial charge on any atom is 0.307 e. The van der Waals surface area contributed by atoms with Crippen LogP contribution >= 0.6 is 0 Å². The van der Waals surface area contributed by atoms with E-state index >= 15 is 0 Å². The predicted molar refractivity (Wildman–Crippen MR) is 73.4 cm³/mol. The van der Waals surface area contributed by atoms with E-state index in [9.17, 15) is 9.59 Å². The molecule has 2 aliphatic carbocycles. The van der Waals surface area contributed by atoms with Gasteiger partial charge in [-0.15, -0.1) is 0 Å². The molecule has 5 atom stereocenters. The predicted octanol–water partition coefficient (Wildman–Crippen LogP) is 0.703. The van der Waals surface area contributed by atoms with E-state index in [4.69, 9.17) is 5.11 Å². The molecule has 6 nitrogen and oxygen atoms in total. The monoisotopic (exact) mass is 289 g/mol. The molecule has 3 aliphatic rings. The Morgan fingerprint density at radius 2 is 2.19 bits per heavy atom. The Hall–Kier alpha value is -1.85. The number of carbonyl (C=O) groups is 2. The Morgan fingerprint density at radius 3 is 2.86 bits per heavy atom. The molecule has 0 unspecified atom stereocenters. The molecule has 0 aromatic carbocycles. The van der Waals surface area contributed by atoms with Crippen LogP contribution in [0.5, 0.6) is 0 Å². The van der Waals surface area contributed by atoms with Crippen LogP contribution in [-0.2, 0) is 16.6 Å². The van der Waals surface area contributed by atoms with Gasteiger partial charge < -0.3 is 14.6 Å². The number of aryl methyl sites for hydroxylation is 1. The second-order valence-electron chi connectivity index (χ2n) is 6.64. The number of aromatic nitrogens is 2. The lowest BCUT2D eigenvalue weighted by Gasteiger charge is -2.26. The Morgan fingerprint density at radius 1 is 1.38 bits per heavy atom. The minimum atomic E-state index is -0.696. The summed E-state index contributed by atoms with van der Waals surface area (Å²) in [5, 5.41) is 9.11. The van der Waals surface area contributed by atoms with E-state index in [0.29, 0.717) is 12.5 Å². The van der Waals surface area contributed by atoms with Crippen molar-refractivity contribution in [1.29, 1.82) is 0 Å². The van der Waals surface area contributed by atoms with E-state index in [-0.39, 0.29) is 29.6 Å². The van der Waals surface area contributed by atoms with Crippen molar-refractivity contribution in [2.24, 2.45) is 30.7 Å². The zero-order valence-electron chi connectivity index (χ0n) is 12.0. The van der Waals surface area contributed by atoms with Crippen molar-refractivity contribution in [1.82, 2.24) is 14.5 Å². The van der Waals surface area contributed by atoms with Gasteiger partial charge in [-0.2, -0.15) is 0 Å². The molecule has 1 aliphatic heterocycles. The number of carboxylic acids is 1. The topological polar surface area (TPSA) is 75.4 Å². The minimum Gasteiger partial charge on any atom is -0.481 e. The van der Waals surface area contributed by atoms with E-state index in [1.54, 1.807) is 6.33 Å². The van der Waals surface area contributed by atoms with Crippen molar-refractivity contribution < 1.29 is 14.7 Å². The van der Waals surface area contributed by atoms with Crippen molar-refractivity contribution in [3.63, 3.8) is 0 Å². The number of nitrogens with zero attached hydrogens (tertiary/aromatic N) is 3. The molecule has 1 N–H and O–H groups in total. The fourth-order valence-electron chi connectivity index (χ4n) is 4.06. The van der Waals surface area contributed by atoms with Crippen LogP contribution in [-0.4, -0.2) is 44.5 Å². The van der Waals surface area contributed by atoms with Gasteiger partial charge in [0.2, 0.25) is 5.91 Å². The third kappa shape index (κ3) is 1.96. The van der Waals surface area contributed by atoms with Crippen LogP contribution < -0.4 is 0 Å². The van der Waals surface area contributed by atoms with E-state index < -0.39 is 5.97 Å². The summed E-state index contributed by atoms with van der Waals surface area (Å²) < 4.78 is 1.98. The summed E-state index contributed by atoms with van der Waals surface area (Å²) in [7, 11) is 1.95. The molecule has 1 amide bonds. The lowest BCUT2D eigenvalue weighted by atomic mass is 10.1. The highest BCUT2D eigenvalue weighted by Crippen LogP contribution is 2.53. The number of rotatable bonds is 3. The van der Waals surface area contributed by atoms with Gasteiger partial charge in [-0.25, -0.2) is 4.98 Å². The summed E-state index contributed by atoms with van der Waals surface area (Å²) in [6.07, 6.45) is 5.34. The number of carboxylic acid groups (broad SMARTS) is 1. The Balaban J connectivity index is 1.39. The van der Waals surface area contributed by atoms with Gasteiger partial charge in [-0.1, -0.05) is 0 Å². The zero-order chi connectivity index (χ0) is 14.7. The van der Waals surface area contributed by atoms with Crippen LogP contribution in [0.3, 0.4) is 0 Å². The first-order valence-corrected chi connectivity index (χ1v) is 7.55. The highest BCUT2D eigenvalue weighted by Gasteiger charge is 2.58. The molecular formula is C15H19N3O3. The summed E-state index contributed by atoms with van der Waals surface area (Å²) in [5.74, 6) is 0.146. The second kappa shape index (κ2) is 4.32. The van der Waals surface area contributed by atoms with Crippen LogP contribution in [0.25, 0.3) is 0 Å². The average molecular weight is 289 g/mol. The quantitative estimate of drug-likeness (QED) is 0.889. The number of hydrogen-bond donors (Lipinski definition) is 1. The number of piperidine rings is 1. The molecule has 2 saturated carbocycles. The number of likely N-dealkylation sites (tertiary alicyclic amines) is 1. The van der Waals surface area contributed by atoms with Gasteiger partial charge >= 0.3 is 5.97 Å². The average Bonchev–Trinajstić information content (AvgIpc) is 3.34. The number of carbonyl (C=O) groups excluding carboxylic acids is 1. The number of fused-ring (bicyclic) bond motifs is 1. The molecule has 1 aromatic rings. The third-order valence-corrected chi connectivity index (χ3v) is 5.43. The molecule has 3 fully saturated rings. The molecule has 112 valence electrons. The second-order valence-corrected chi connectivity index (χ2v) is 6.64. The van der Waals surface area contributed by atoms with Gasteiger partial charge in [0.15, 0.2) is 0 Å². The molecule has 0 bridgehead atoms. The normalized spacial score (nSPS) is 37.0. The zero-order valence-corrected chi connectivity index (χ0v) is 12.0. The first-order valence-electron chi connectivity index (χ1n) is 7.55. The van der Waals surface area contributed by atoms with Crippen molar-refractivity contribution in [3.8, 4) is 0 Å². The first kappa shape index (κ1) is 12.9. The smallest absolute Gasteiger partial charge is 0.307 e. The lowest BCUT2D eigenvalue weighted by Crippen LogP contribution is -2.38. The molecular weight excluding hydrogens is 270 g/mol. The fourth-order valence-corrected chi connectivity index (χ4v) is 4.06. The summed E-state index contributed by atoms with van der Waals surface area (Å²) in [6, 6.07) is 0. The van der Waals surface area contributed by atoms with Crippen molar-refractivity contribution in [3.05, 3.63) is 18.2 Å². The summed E-state index contributed by atoms with van der Waals surface area (Å²) in [6.45, 7) is 1.35. The number of amides is 1. The van der Waals surface area contributed by atoms with E-state index in [0.717, 1.165) is 25.1 Å². The Kier molecular flexibility index (Phi) is 2.65. The summed E-state index contributed by atoms with van der Waals surface area (Å²) in [4.78, 5) is 29.7. The highest BCUT2D eigenvalue weighted by molar-refractivity contribution is 5.83. The molecule has 21 heavy (non-hydrogen) atoms. The molecule has 1 aromatic heterocycles. The van der Waals surface area contributed by atoms with E-state index in [2.05, 4.69) is 4.98 Å². The highest BCUT2D eigenvalue weighted by atomic mass is 16.4. The Labute approximate surface area is 122 Å². The fraction of sp³-hybridized carbons (Fsp3) is 0.667. The molecule has 1 saturated heterocycles. The SMILES string of the molecule is Cn1cncc1[C@@H]1C[C@H]1C(=O)N1CC[C@H]2[C@@H](C1)[C@H]2C(=O)O. The number of hydrogen-bond acceptors (Lipinski definition) is 3. The summed E-state index contributed by atoms with van der Waals surface area (Å²) >= 11 is 0. The van der Waals surface area contributed by atoms with Crippen LogP contribution in [0, 0.1) is 23.7 Å². The van der Waals surface area contributed by atoms with Crippen LogP contribution in [0.15, 0.2) is 12.5 Å². The molecule has 6 heteroatoms. The van der Waals surface area contributed by atoms with Gasteiger partial charge in [0.1, 0.15) is 0 Å². The van der Waals surface area contributed by atoms with E-state index in [1.807, 2.05) is 22.7 Å². The summed E-state index contributed by atoms with van der Waals surface area (Å²) in [5.41, 5.74) is 1.12. The van der Waals surface area contributed by atoms with Crippen molar-refractivity contribution >= 4 is 11.9 Å². The molecule has 2 heterocycles.